The number of pyridine rings is 1. The zero-order chi connectivity index (χ0) is 14.2. The van der Waals surface area contributed by atoms with Gasteiger partial charge in [0.1, 0.15) is 22.1 Å². The highest BCUT2D eigenvalue weighted by Gasteiger charge is 2.13. The Bertz CT molecular complexity index is 732. The van der Waals surface area contributed by atoms with Gasteiger partial charge in [0.15, 0.2) is 0 Å². The Kier molecular flexibility index (Phi) is 4.85. The van der Waals surface area contributed by atoms with Crippen LogP contribution in [0.15, 0.2) is 12.1 Å². The Morgan fingerprint density at radius 1 is 1.30 bits per heavy atom. The molecule has 2 aromatic rings. The van der Waals surface area contributed by atoms with Crippen molar-refractivity contribution in [1.29, 1.82) is 5.26 Å². The molecular formula is C15H20N4S. The summed E-state index contributed by atoms with van der Waals surface area (Å²) in [7, 11) is 1.94. The van der Waals surface area contributed by atoms with E-state index >= 15 is 0 Å². The van der Waals surface area contributed by atoms with E-state index in [1.54, 1.807) is 4.68 Å². The summed E-state index contributed by atoms with van der Waals surface area (Å²) in [6.45, 7) is 6.69. The lowest BCUT2D eigenvalue weighted by molar-refractivity contribution is 0.651. The second-order valence-electron chi connectivity index (χ2n) is 4.57. The SMILES string of the molecule is C.CCn1nc(-c2c(C)cc(C)c(=S)n2C)cc1C#N. The second-order valence-corrected chi connectivity index (χ2v) is 4.95. The average molecular weight is 288 g/mol. The van der Waals surface area contributed by atoms with Crippen LogP contribution in [-0.2, 0) is 13.6 Å². The van der Waals surface area contributed by atoms with Gasteiger partial charge in [0.2, 0.25) is 0 Å². The van der Waals surface area contributed by atoms with Crippen LogP contribution in [0.5, 0.6) is 0 Å². The van der Waals surface area contributed by atoms with E-state index in [1.165, 1.54) is 0 Å². The van der Waals surface area contributed by atoms with Gasteiger partial charge < -0.3 is 4.57 Å². The number of aryl methyl sites for hydroxylation is 3. The fourth-order valence-electron chi connectivity index (χ4n) is 2.32. The summed E-state index contributed by atoms with van der Waals surface area (Å²) in [5.74, 6) is 0. The maximum absolute atomic E-state index is 9.11. The van der Waals surface area contributed by atoms with Crippen LogP contribution in [0.25, 0.3) is 11.4 Å². The summed E-state index contributed by atoms with van der Waals surface area (Å²) in [5, 5.41) is 13.6. The molecule has 0 saturated heterocycles. The van der Waals surface area contributed by atoms with Crippen molar-refractivity contribution in [2.75, 3.05) is 0 Å². The van der Waals surface area contributed by atoms with Crippen molar-refractivity contribution >= 4 is 12.2 Å². The molecule has 0 radical (unpaired) electrons. The predicted molar refractivity (Wildman–Crippen MR) is 84.1 cm³/mol. The van der Waals surface area contributed by atoms with Crippen LogP contribution in [0.3, 0.4) is 0 Å². The summed E-state index contributed by atoms with van der Waals surface area (Å²) in [6, 6.07) is 6.05. The van der Waals surface area contributed by atoms with Gasteiger partial charge in [0.25, 0.3) is 0 Å². The van der Waals surface area contributed by atoms with Crippen molar-refractivity contribution < 1.29 is 0 Å². The lowest BCUT2D eigenvalue weighted by Gasteiger charge is -2.12. The Hall–Kier alpha value is -1.93. The van der Waals surface area contributed by atoms with E-state index in [2.05, 4.69) is 17.2 Å². The lowest BCUT2D eigenvalue weighted by Crippen LogP contribution is -2.04. The first-order chi connectivity index (χ1) is 8.99. The third kappa shape index (κ3) is 2.52. The minimum Gasteiger partial charge on any atom is -0.333 e. The number of rotatable bonds is 2. The van der Waals surface area contributed by atoms with Gasteiger partial charge in [-0.25, -0.2) is 0 Å². The molecule has 2 heterocycles. The average Bonchev–Trinajstić information content (AvgIpc) is 2.79. The molecule has 0 aromatic carbocycles. The molecule has 0 saturated carbocycles. The van der Waals surface area contributed by atoms with Gasteiger partial charge in [-0.3, -0.25) is 4.68 Å². The first-order valence-corrected chi connectivity index (χ1v) is 6.56. The molecule has 5 heteroatoms. The summed E-state index contributed by atoms with van der Waals surface area (Å²) in [4.78, 5) is 0. The highest BCUT2D eigenvalue weighted by molar-refractivity contribution is 7.71. The number of nitriles is 1. The molecule has 0 aliphatic carbocycles. The monoisotopic (exact) mass is 288 g/mol. The molecule has 0 aliphatic rings. The van der Waals surface area contributed by atoms with Crippen LogP contribution >= 0.6 is 12.2 Å². The van der Waals surface area contributed by atoms with Gasteiger partial charge in [0, 0.05) is 19.7 Å². The number of aromatic nitrogens is 3. The van der Waals surface area contributed by atoms with Crippen LogP contribution in [0, 0.1) is 29.8 Å². The molecule has 0 unspecified atom stereocenters. The molecule has 0 spiro atoms. The van der Waals surface area contributed by atoms with Crippen LogP contribution < -0.4 is 0 Å². The van der Waals surface area contributed by atoms with E-state index in [4.69, 9.17) is 17.5 Å². The maximum atomic E-state index is 9.11. The molecule has 0 aliphatic heterocycles. The van der Waals surface area contributed by atoms with Crippen molar-refractivity contribution in [3.05, 3.63) is 33.6 Å². The van der Waals surface area contributed by atoms with Crippen molar-refractivity contribution in [3.8, 4) is 17.5 Å². The second kappa shape index (κ2) is 6.02. The summed E-state index contributed by atoms with van der Waals surface area (Å²) in [5.41, 5.74) is 4.53. The van der Waals surface area contributed by atoms with E-state index in [0.29, 0.717) is 12.2 Å². The van der Waals surface area contributed by atoms with E-state index in [1.807, 2.05) is 38.5 Å². The molecule has 0 amide bonds. The van der Waals surface area contributed by atoms with Crippen molar-refractivity contribution in [2.45, 2.75) is 34.7 Å². The standard InChI is InChI=1S/C14H16N4S.CH4/c1-5-18-11(8-15)7-12(16-18)13-9(2)6-10(3)14(19)17(13)4;/h6-7H,5H2,1-4H3;1H4. The fraction of sp³-hybridized carbons (Fsp3) is 0.400. The number of nitrogens with zero attached hydrogens (tertiary/aromatic N) is 4. The van der Waals surface area contributed by atoms with Crippen molar-refractivity contribution in [1.82, 2.24) is 14.3 Å². The molecule has 4 nitrogen and oxygen atoms in total. The zero-order valence-corrected chi connectivity index (χ0v) is 12.4. The molecule has 2 aromatic heterocycles. The highest BCUT2D eigenvalue weighted by atomic mass is 32.1. The van der Waals surface area contributed by atoms with Gasteiger partial charge in [-0.1, -0.05) is 25.7 Å². The fourth-order valence-corrected chi connectivity index (χ4v) is 2.47. The summed E-state index contributed by atoms with van der Waals surface area (Å²) in [6.07, 6.45) is 0. The molecule has 0 atom stereocenters. The van der Waals surface area contributed by atoms with Crippen LogP contribution in [0.2, 0.25) is 0 Å². The van der Waals surface area contributed by atoms with Crippen molar-refractivity contribution in [3.63, 3.8) is 0 Å². The van der Waals surface area contributed by atoms with Gasteiger partial charge in [-0.05, 0) is 31.9 Å². The van der Waals surface area contributed by atoms with E-state index in [-0.39, 0.29) is 7.43 Å². The predicted octanol–water partition coefficient (Wildman–Crippen LogP) is 3.76. The van der Waals surface area contributed by atoms with Crippen molar-refractivity contribution in [2.24, 2.45) is 7.05 Å². The Morgan fingerprint density at radius 3 is 2.45 bits per heavy atom. The number of hydrogen-bond donors (Lipinski definition) is 0. The Balaban J connectivity index is 0.00000200. The molecule has 0 bridgehead atoms. The van der Waals surface area contributed by atoms with E-state index < -0.39 is 0 Å². The zero-order valence-electron chi connectivity index (χ0n) is 11.6. The maximum Gasteiger partial charge on any atom is 0.139 e. The minimum absolute atomic E-state index is 0. The molecule has 0 fully saturated rings. The van der Waals surface area contributed by atoms with Crippen LogP contribution in [0.1, 0.15) is 31.2 Å². The topological polar surface area (TPSA) is 46.5 Å². The normalized spacial score (nSPS) is 9.95. The molecule has 0 N–H and O–H groups in total. The minimum atomic E-state index is 0. The Morgan fingerprint density at radius 2 is 1.95 bits per heavy atom. The van der Waals surface area contributed by atoms with Gasteiger partial charge >= 0.3 is 0 Å². The quantitative estimate of drug-likeness (QED) is 0.790. The summed E-state index contributed by atoms with van der Waals surface area (Å²) >= 11 is 5.40. The molecular weight excluding hydrogens is 268 g/mol. The smallest absolute Gasteiger partial charge is 0.139 e. The molecule has 106 valence electrons. The first kappa shape index (κ1) is 16.1. The van der Waals surface area contributed by atoms with Gasteiger partial charge in [-0.2, -0.15) is 10.4 Å². The lowest BCUT2D eigenvalue weighted by atomic mass is 10.1. The van der Waals surface area contributed by atoms with Gasteiger partial charge in [0.05, 0.1) is 5.69 Å². The molecule has 2 rings (SSSR count). The van der Waals surface area contributed by atoms with E-state index in [0.717, 1.165) is 27.2 Å². The Labute approximate surface area is 125 Å². The van der Waals surface area contributed by atoms with Crippen LogP contribution in [-0.4, -0.2) is 14.3 Å². The van der Waals surface area contributed by atoms with Crippen LogP contribution in [0.4, 0.5) is 0 Å². The third-order valence-electron chi connectivity index (χ3n) is 3.22. The third-order valence-corrected chi connectivity index (χ3v) is 3.82. The highest BCUT2D eigenvalue weighted by Crippen LogP contribution is 2.24. The largest absolute Gasteiger partial charge is 0.333 e. The first-order valence-electron chi connectivity index (χ1n) is 6.15. The summed E-state index contributed by atoms with van der Waals surface area (Å²) < 4.78 is 4.46. The van der Waals surface area contributed by atoms with E-state index in [9.17, 15) is 0 Å². The van der Waals surface area contributed by atoms with Gasteiger partial charge in [-0.15, -0.1) is 0 Å². The molecule has 20 heavy (non-hydrogen) atoms. The number of hydrogen-bond acceptors (Lipinski definition) is 3.